The van der Waals surface area contributed by atoms with Crippen LogP contribution >= 0.6 is 0 Å². The SMILES string of the molecule is Cc1ccc(N2CCCCS2(=O)=O)cc1S(=O)(=O)Nc1ccc(C(N)=O)cc1. The van der Waals surface area contributed by atoms with Crippen molar-refractivity contribution in [1.29, 1.82) is 0 Å². The van der Waals surface area contributed by atoms with E-state index in [0.29, 0.717) is 24.2 Å². The highest BCUT2D eigenvalue weighted by Crippen LogP contribution is 2.29. The van der Waals surface area contributed by atoms with Gasteiger partial charge in [-0.25, -0.2) is 16.8 Å². The van der Waals surface area contributed by atoms with E-state index in [1.165, 1.54) is 34.6 Å². The Hall–Kier alpha value is -2.59. The first-order valence-corrected chi connectivity index (χ1v) is 11.7. The van der Waals surface area contributed by atoms with Crippen LogP contribution in [-0.4, -0.2) is 35.0 Å². The van der Waals surface area contributed by atoms with Crippen molar-refractivity contribution in [3.8, 4) is 0 Å². The number of carbonyl (C=O) groups excluding carboxylic acids is 1. The van der Waals surface area contributed by atoms with Crippen LogP contribution in [0.25, 0.3) is 0 Å². The van der Waals surface area contributed by atoms with Crippen molar-refractivity contribution in [3.63, 3.8) is 0 Å². The average Bonchev–Trinajstić information content (AvgIpc) is 2.62. The zero-order valence-electron chi connectivity index (χ0n) is 15.3. The number of nitrogens with two attached hydrogens (primary N) is 1. The van der Waals surface area contributed by atoms with Crippen molar-refractivity contribution < 1.29 is 21.6 Å². The van der Waals surface area contributed by atoms with Gasteiger partial charge in [0, 0.05) is 17.8 Å². The summed E-state index contributed by atoms with van der Waals surface area (Å²) in [4.78, 5) is 11.1. The largest absolute Gasteiger partial charge is 0.366 e. The standard InChI is InChI=1S/C18H21N3O5S2/c1-13-4-9-16(21-10-2-3-11-27(21,23)24)12-17(13)28(25,26)20-15-7-5-14(6-8-15)18(19)22/h4-9,12,20H,2-3,10-11H2,1H3,(H2,19,22). The van der Waals surface area contributed by atoms with Crippen molar-refractivity contribution in [1.82, 2.24) is 0 Å². The third-order valence-corrected chi connectivity index (χ3v) is 7.91. The van der Waals surface area contributed by atoms with Crippen LogP contribution in [0, 0.1) is 6.92 Å². The first-order chi connectivity index (χ1) is 13.1. The van der Waals surface area contributed by atoms with Crippen molar-refractivity contribution in [2.75, 3.05) is 21.3 Å². The van der Waals surface area contributed by atoms with E-state index in [-0.39, 0.29) is 21.9 Å². The van der Waals surface area contributed by atoms with Crippen LogP contribution in [-0.2, 0) is 20.0 Å². The Morgan fingerprint density at radius 2 is 1.79 bits per heavy atom. The van der Waals surface area contributed by atoms with E-state index in [1.54, 1.807) is 19.1 Å². The molecular weight excluding hydrogens is 402 g/mol. The normalized spacial score (nSPS) is 16.5. The fourth-order valence-corrected chi connectivity index (χ4v) is 5.98. The molecule has 2 aromatic rings. The molecule has 1 heterocycles. The van der Waals surface area contributed by atoms with Crippen LogP contribution in [0.3, 0.4) is 0 Å². The number of primary amides is 1. The Morgan fingerprint density at radius 1 is 1.11 bits per heavy atom. The average molecular weight is 424 g/mol. The van der Waals surface area contributed by atoms with E-state index in [1.807, 2.05) is 0 Å². The summed E-state index contributed by atoms with van der Waals surface area (Å²) in [6.45, 7) is 1.96. The van der Waals surface area contributed by atoms with Crippen LogP contribution < -0.4 is 14.8 Å². The highest BCUT2D eigenvalue weighted by atomic mass is 32.2. The predicted octanol–water partition coefficient (Wildman–Crippen LogP) is 1.82. The first-order valence-electron chi connectivity index (χ1n) is 8.64. The van der Waals surface area contributed by atoms with Crippen LogP contribution in [0.2, 0.25) is 0 Å². The lowest BCUT2D eigenvalue weighted by Gasteiger charge is -2.28. The molecule has 1 amide bonds. The second-order valence-corrected chi connectivity index (χ2v) is 10.3. The molecule has 0 radical (unpaired) electrons. The topological polar surface area (TPSA) is 127 Å². The van der Waals surface area contributed by atoms with Gasteiger partial charge in [0.1, 0.15) is 0 Å². The van der Waals surface area contributed by atoms with Crippen LogP contribution in [0.4, 0.5) is 11.4 Å². The van der Waals surface area contributed by atoms with Gasteiger partial charge < -0.3 is 5.73 Å². The molecule has 1 aliphatic rings. The Labute approximate surface area is 164 Å². The summed E-state index contributed by atoms with van der Waals surface area (Å²) in [7, 11) is -7.41. The van der Waals surface area contributed by atoms with Gasteiger partial charge in [-0.3, -0.25) is 13.8 Å². The molecule has 3 N–H and O–H groups in total. The number of aryl methyl sites for hydroxylation is 1. The number of hydrogen-bond acceptors (Lipinski definition) is 5. The summed E-state index contributed by atoms with van der Waals surface area (Å²) in [6.07, 6.45) is 1.32. The highest BCUT2D eigenvalue weighted by molar-refractivity contribution is 7.93. The molecular formula is C18H21N3O5S2. The number of benzene rings is 2. The van der Waals surface area contributed by atoms with Crippen LogP contribution in [0.5, 0.6) is 0 Å². The summed E-state index contributed by atoms with van der Waals surface area (Å²) in [5.74, 6) is -0.561. The Balaban J connectivity index is 1.94. The lowest BCUT2D eigenvalue weighted by atomic mass is 10.2. The molecule has 1 fully saturated rings. The summed E-state index contributed by atoms with van der Waals surface area (Å²) in [6, 6.07) is 10.3. The number of hydrogen-bond donors (Lipinski definition) is 2. The third-order valence-electron chi connectivity index (χ3n) is 4.52. The molecule has 1 saturated heterocycles. The minimum absolute atomic E-state index is 0.00949. The van der Waals surface area contributed by atoms with E-state index in [4.69, 9.17) is 5.73 Å². The number of rotatable bonds is 5. The number of carbonyl (C=O) groups is 1. The van der Waals surface area contributed by atoms with E-state index in [9.17, 15) is 21.6 Å². The van der Waals surface area contributed by atoms with Gasteiger partial charge in [0.05, 0.1) is 16.3 Å². The molecule has 28 heavy (non-hydrogen) atoms. The lowest BCUT2D eigenvalue weighted by molar-refractivity contribution is 0.100. The number of nitrogens with one attached hydrogen (secondary N) is 1. The van der Waals surface area contributed by atoms with Crippen molar-refractivity contribution in [2.24, 2.45) is 5.73 Å². The van der Waals surface area contributed by atoms with Crippen molar-refractivity contribution in [3.05, 3.63) is 53.6 Å². The van der Waals surface area contributed by atoms with E-state index in [0.717, 1.165) is 6.42 Å². The summed E-state index contributed by atoms with van der Waals surface area (Å²) in [5, 5.41) is 0. The monoisotopic (exact) mass is 423 g/mol. The molecule has 0 saturated carbocycles. The van der Waals surface area contributed by atoms with E-state index >= 15 is 0 Å². The molecule has 8 nitrogen and oxygen atoms in total. The maximum Gasteiger partial charge on any atom is 0.262 e. The second-order valence-electron chi connectivity index (χ2n) is 6.59. The zero-order valence-corrected chi connectivity index (χ0v) is 16.9. The lowest BCUT2D eigenvalue weighted by Crippen LogP contribution is -2.38. The summed E-state index contributed by atoms with van der Waals surface area (Å²) in [5.41, 5.74) is 6.52. The minimum Gasteiger partial charge on any atom is -0.366 e. The summed E-state index contributed by atoms with van der Waals surface area (Å²) < 4.78 is 54.1. The van der Waals surface area contributed by atoms with Crippen molar-refractivity contribution >= 4 is 37.3 Å². The van der Waals surface area contributed by atoms with Crippen LogP contribution in [0.1, 0.15) is 28.8 Å². The first kappa shape index (κ1) is 20.2. The van der Waals surface area contributed by atoms with Crippen molar-refractivity contribution in [2.45, 2.75) is 24.7 Å². The Bertz CT molecular complexity index is 1110. The zero-order chi connectivity index (χ0) is 20.5. The predicted molar refractivity (Wildman–Crippen MR) is 107 cm³/mol. The van der Waals surface area contributed by atoms with Gasteiger partial charge in [0.25, 0.3) is 10.0 Å². The number of nitrogens with zero attached hydrogens (tertiary/aromatic N) is 1. The van der Waals surface area contributed by atoms with Gasteiger partial charge in [-0.2, -0.15) is 0 Å². The van der Waals surface area contributed by atoms with Gasteiger partial charge in [-0.15, -0.1) is 0 Å². The van der Waals surface area contributed by atoms with Gasteiger partial charge in [-0.05, 0) is 61.7 Å². The second kappa shape index (κ2) is 7.44. The maximum atomic E-state index is 12.9. The molecule has 0 spiro atoms. The fraction of sp³-hybridized carbons (Fsp3) is 0.278. The molecule has 10 heteroatoms. The smallest absolute Gasteiger partial charge is 0.262 e. The molecule has 0 aliphatic carbocycles. The molecule has 150 valence electrons. The molecule has 3 rings (SSSR count). The number of sulfonamides is 2. The van der Waals surface area contributed by atoms with E-state index in [2.05, 4.69) is 4.72 Å². The van der Waals surface area contributed by atoms with Gasteiger partial charge >= 0.3 is 0 Å². The third kappa shape index (κ3) is 4.12. The molecule has 0 aromatic heterocycles. The Kier molecular flexibility index (Phi) is 5.35. The fourth-order valence-electron chi connectivity index (χ4n) is 3.02. The molecule has 0 atom stereocenters. The number of amides is 1. The number of anilines is 2. The molecule has 0 bridgehead atoms. The molecule has 2 aromatic carbocycles. The molecule has 1 aliphatic heterocycles. The summed E-state index contributed by atoms with van der Waals surface area (Å²) >= 11 is 0. The van der Waals surface area contributed by atoms with E-state index < -0.39 is 26.0 Å². The molecule has 0 unspecified atom stereocenters. The highest BCUT2D eigenvalue weighted by Gasteiger charge is 2.28. The Morgan fingerprint density at radius 3 is 2.39 bits per heavy atom. The minimum atomic E-state index is -3.96. The van der Waals surface area contributed by atoms with Crippen LogP contribution in [0.15, 0.2) is 47.4 Å². The maximum absolute atomic E-state index is 12.9. The van der Waals surface area contributed by atoms with Gasteiger partial charge in [0.2, 0.25) is 15.9 Å². The van der Waals surface area contributed by atoms with Gasteiger partial charge in [-0.1, -0.05) is 6.07 Å². The van der Waals surface area contributed by atoms with Gasteiger partial charge in [0.15, 0.2) is 0 Å². The quantitative estimate of drug-likeness (QED) is 0.758.